The second kappa shape index (κ2) is 7.70. The van der Waals surface area contributed by atoms with Crippen LogP contribution in [-0.4, -0.2) is 24.0 Å². The summed E-state index contributed by atoms with van der Waals surface area (Å²) in [5.74, 6) is 1.70. The first-order valence-corrected chi connectivity index (χ1v) is 8.53. The maximum atomic E-state index is 13.3. The maximum absolute atomic E-state index is 13.3. The first-order valence-electron chi connectivity index (χ1n) is 8.53. The van der Waals surface area contributed by atoms with Crippen LogP contribution in [0.3, 0.4) is 0 Å². The third-order valence-electron chi connectivity index (χ3n) is 4.48. The van der Waals surface area contributed by atoms with E-state index in [0.717, 1.165) is 6.07 Å². The largest absolute Gasteiger partial charge is 0.419 e. The van der Waals surface area contributed by atoms with Gasteiger partial charge in [-0.05, 0) is 43.2 Å². The molecule has 1 aromatic carbocycles. The normalized spacial score (nSPS) is 17.3. The number of hydrogen-bond donors (Lipinski definition) is 1. The highest BCUT2D eigenvalue weighted by Crippen LogP contribution is 2.36. The number of terminal acetylenes is 1. The number of halogens is 3. The number of amides is 1. The van der Waals surface area contributed by atoms with E-state index in [1.165, 1.54) is 17.2 Å². The van der Waals surface area contributed by atoms with Crippen LogP contribution in [0.4, 0.5) is 24.7 Å². The molecule has 1 unspecified atom stereocenters. The van der Waals surface area contributed by atoms with E-state index in [2.05, 4.69) is 16.2 Å². The zero-order valence-corrected chi connectivity index (χ0v) is 14.5. The molecule has 1 aliphatic rings. The molecule has 3 rings (SSSR count). The highest BCUT2D eigenvalue weighted by Gasteiger charge is 2.37. The molecule has 0 spiro atoms. The fourth-order valence-corrected chi connectivity index (χ4v) is 3.18. The van der Waals surface area contributed by atoms with E-state index in [1.54, 1.807) is 24.3 Å². The molecule has 140 valence electrons. The number of nitrogens with one attached hydrogen (secondary N) is 1. The van der Waals surface area contributed by atoms with Crippen LogP contribution in [0.25, 0.3) is 0 Å². The van der Waals surface area contributed by atoms with Crippen LogP contribution in [0.5, 0.6) is 0 Å². The van der Waals surface area contributed by atoms with Crippen molar-refractivity contribution >= 4 is 17.4 Å². The molecule has 1 aliphatic heterocycles. The van der Waals surface area contributed by atoms with Gasteiger partial charge < -0.3 is 10.2 Å². The Balaban J connectivity index is 1.75. The van der Waals surface area contributed by atoms with Crippen molar-refractivity contribution in [3.63, 3.8) is 0 Å². The third kappa shape index (κ3) is 4.40. The summed E-state index contributed by atoms with van der Waals surface area (Å²) in [5.41, 5.74) is 0.426. The minimum atomic E-state index is -4.49. The number of aromatic nitrogens is 1. The first-order chi connectivity index (χ1) is 12.9. The Hall–Kier alpha value is -3.01. The Morgan fingerprint density at radius 3 is 2.85 bits per heavy atom. The molecule has 0 radical (unpaired) electrons. The fraction of sp³-hybridized carbons (Fsp3) is 0.300. The average Bonchev–Trinajstić information content (AvgIpc) is 2.67. The van der Waals surface area contributed by atoms with E-state index in [1.807, 2.05) is 0 Å². The van der Waals surface area contributed by atoms with Crippen molar-refractivity contribution in [3.8, 4) is 12.3 Å². The van der Waals surface area contributed by atoms with Crippen LogP contribution in [0.2, 0.25) is 0 Å². The summed E-state index contributed by atoms with van der Waals surface area (Å²) < 4.78 is 39.8. The van der Waals surface area contributed by atoms with Gasteiger partial charge in [0.1, 0.15) is 5.82 Å². The maximum Gasteiger partial charge on any atom is 0.419 e. The van der Waals surface area contributed by atoms with E-state index < -0.39 is 17.7 Å². The number of carbonyl (C=O) groups is 1. The van der Waals surface area contributed by atoms with Gasteiger partial charge in [0.05, 0.1) is 11.5 Å². The van der Waals surface area contributed by atoms with Crippen LogP contribution in [-0.2, 0) is 11.0 Å². The zero-order valence-electron chi connectivity index (χ0n) is 14.5. The van der Waals surface area contributed by atoms with Gasteiger partial charge in [-0.1, -0.05) is 12.0 Å². The predicted molar refractivity (Wildman–Crippen MR) is 97.2 cm³/mol. The van der Waals surface area contributed by atoms with Crippen molar-refractivity contribution in [2.75, 3.05) is 23.3 Å². The van der Waals surface area contributed by atoms with Crippen molar-refractivity contribution in [3.05, 3.63) is 53.7 Å². The molecular weight excluding hydrogens is 355 g/mol. The summed E-state index contributed by atoms with van der Waals surface area (Å²) in [4.78, 5) is 18.1. The molecule has 27 heavy (non-hydrogen) atoms. The van der Waals surface area contributed by atoms with Gasteiger partial charge in [0.15, 0.2) is 0 Å². The van der Waals surface area contributed by atoms with Gasteiger partial charge >= 0.3 is 6.18 Å². The van der Waals surface area contributed by atoms with Gasteiger partial charge in [0, 0.05) is 30.5 Å². The van der Waals surface area contributed by atoms with Crippen molar-refractivity contribution in [1.82, 2.24) is 4.98 Å². The lowest BCUT2D eigenvalue weighted by Gasteiger charge is -2.34. The number of benzene rings is 1. The van der Waals surface area contributed by atoms with Crippen molar-refractivity contribution < 1.29 is 18.0 Å². The molecule has 0 saturated carbocycles. The van der Waals surface area contributed by atoms with E-state index in [0.29, 0.717) is 30.6 Å². The zero-order chi connectivity index (χ0) is 19.4. The number of carbonyl (C=O) groups excluding carboxylic acids is 1. The lowest BCUT2D eigenvalue weighted by Crippen LogP contribution is -2.42. The van der Waals surface area contributed by atoms with Crippen LogP contribution in [0.15, 0.2) is 42.6 Å². The SMILES string of the molecule is C#Cc1cccc(NC(=O)C2CCCN(c3ncccc3C(F)(F)F)C2)c1. The molecule has 2 aromatic rings. The van der Waals surface area contributed by atoms with Crippen molar-refractivity contribution in [1.29, 1.82) is 0 Å². The van der Waals surface area contributed by atoms with Gasteiger partial charge in [-0.2, -0.15) is 13.2 Å². The number of hydrogen-bond acceptors (Lipinski definition) is 3. The summed E-state index contributed by atoms with van der Waals surface area (Å²) in [6.45, 7) is 0.608. The molecule has 7 heteroatoms. The Morgan fingerprint density at radius 2 is 2.11 bits per heavy atom. The molecule has 0 bridgehead atoms. The lowest BCUT2D eigenvalue weighted by molar-refractivity contribution is -0.137. The summed E-state index contributed by atoms with van der Waals surface area (Å²) in [6.07, 6.45) is 3.41. The molecule has 1 saturated heterocycles. The van der Waals surface area contributed by atoms with E-state index in [9.17, 15) is 18.0 Å². The minimum Gasteiger partial charge on any atom is -0.355 e. The van der Waals surface area contributed by atoms with Crippen LogP contribution < -0.4 is 10.2 Å². The summed E-state index contributed by atoms with van der Waals surface area (Å²) in [7, 11) is 0. The van der Waals surface area contributed by atoms with Gasteiger partial charge in [0.2, 0.25) is 5.91 Å². The summed E-state index contributed by atoms with van der Waals surface area (Å²) in [6, 6.07) is 9.16. The highest BCUT2D eigenvalue weighted by molar-refractivity contribution is 5.93. The number of pyridine rings is 1. The van der Waals surface area contributed by atoms with Crippen LogP contribution in [0, 0.1) is 18.3 Å². The molecule has 1 aromatic heterocycles. The standard InChI is InChI=1S/C20H18F3N3O/c1-2-14-6-3-8-16(12-14)25-19(27)15-7-5-11-26(13-15)18-17(20(21,22)23)9-4-10-24-18/h1,3-4,6,8-10,12,15H,5,7,11,13H2,(H,25,27). The lowest BCUT2D eigenvalue weighted by atomic mass is 9.96. The molecular formula is C20H18F3N3O. The van der Waals surface area contributed by atoms with Crippen molar-refractivity contribution in [2.45, 2.75) is 19.0 Å². The minimum absolute atomic E-state index is 0.128. The monoisotopic (exact) mass is 373 g/mol. The van der Waals surface area contributed by atoms with Gasteiger partial charge in [0.25, 0.3) is 0 Å². The van der Waals surface area contributed by atoms with Crippen molar-refractivity contribution in [2.24, 2.45) is 5.92 Å². The number of rotatable bonds is 3. The topological polar surface area (TPSA) is 45.2 Å². The number of anilines is 2. The Bertz CT molecular complexity index is 873. The van der Waals surface area contributed by atoms with E-state index in [4.69, 9.17) is 6.42 Å². The summed E-state index contributed by atoms with van der Waals surface area (Å²) in [5, 5.41) is 2.80. The Morgan fingerprint density at radius 1 is 1.30 bits per heavy atom. The molecule has 4 nitrogen and oxygen atoms in total. The second-order valence-electron chi connectivity index (χ2n) is 6.37. The second-order valence-corrected chi connectivity index (χ2v) is 6.37. The van der Waals surface area contributed by atoms with Gasteiger partial charge in [-0.25, -0.2) is 4.98 Å². The third-order valence-corrected chi connectivity index (χ3v) is 4.48. The Kier molecular flexibility index (Phi) is 5.36. The molecule has 2 heterocycles. The van der Waals surface area contributed by atoms with Crippen LogP contribution >= 0.6 is 0 Å². The molecule has 1 N–H and O–H groups in total. The fourth-order valence-electron chi connectivity index (χ4n) is 3.18. The highest BCUT2D eigenvalue weighted by atomic mass is 19.4. The van der Waals surface area contributed by atoms with Gasteiger partial charge in [-0.15, -0.1) is 6.42 Å². The first kappa shape index (κ1) is 18.8. The van der Waals surface area contributed by atoms with Gasteiger partial charge in [-0.3, -0.25) is 4.79 Å². The average molecular weight is 373 g/mol. The molecule has 1 atom stereocenters. The number of nitrogens with zero attached hydrogens (tertiary/aromatic N) is 2. The molecule has 1 fully saturated rings. The van der Waals surface area contributed by atoms with E-state index >= 15 is 0 Å². The molecule has 0 aliphatic carbocycles. The smallest absolute Gasteiger partial charge is 0.355 e. The summed E-state index contributed by atoms with van der Waals surface area (Å²) >= 11 is 0. The predicted octanol–water partition coefficient (Wildman–Crippen LogP) is 3.94. The number of piperidine rings is 1. The van der Waals surface area contributed by atoms with Crippen LogP contribution in [0.1, 0.15) is 24.0 Å². The Labute approximate surface area is 155 Å². The van der Waals surface area contributed by atoms with E-state index in [-0.39, 0.29) is 18.3 Å². The molecule has 1 amide bonds. The number of alkyl halides is 3. The quantitative estimate of drug-likeness (QED) is 0.829.